The van der Waals surface area contributed by atoms with Gasteiger partial charge in [-0.15, -0.1) is 11.6 Å². The lowest BCUT2D eigenvalue weighted by atomic mass is 10.0. The molecule has 1 atom stereocenters. The summed E-state index contributed by atoms with van der Waals surface area (Å²) < 4.78 is -0.305. The third-order valence-electron chi connectivity index (χ3n) is 1.89. The van der Waals surface area contributed by atoms with Gasteiger partial charge in [-0.25, -0.2) is 4.98 Å². The average molecular weight is 326 g/mol. The largest absolute Gasteiger partial charge is 0.236 e. The fraction of sp³-hybridized carbons (Fsp3) is 0.222. The summed E-state index contributed by atoms with van der Waals surface area (Å²) in [7, 11) is 0. The van der Waals surface area contributed by atoms with Gasteiger partial charge in [-0.1, -0.05) is 46.3 Å². The van der Waals surface area contributed by atoms with Crippen LogP contribution in [0.15, 0.2) is 18.2 Å². The molecule has 1 aromatic rings. The number of alkyl halides is 2. The van der Waals surface area contributed by atoms with Gasteiger partial charge in [0.25, 0.3) is 0 Å². The maximum Gasteiger partial charge on any atom is 0.129 e. The normalized spacial score (nSPS) is 25.8. The van der Waals surface area contributed by atoms with E-state index >= 15 is 0 Å². The van der Waals surface area contributed by atoms with Crippen LogP contribution in [0.25, 0.3) is 6.08 Å². The summed E-state index contributed by atoms with van der Waals surface area (Å²) in [6.07, 6.45) is 4.66. The molecule has 0 amide bonds. The van der Waals surface area contributed by atoms with Gasteiger partial charge < -0.3 is 0 Å². The first-order chi connectivity index (χ1) is 6.07. The first-order valence-electron chi connectivity index (χ1n) is 3.79. The minimum absolute atomic E-state index is 0.305. The van der Waals surface area contributed by atoms with E-state index in [2.05, 4.69) is 27.6 Å². The molecule has 1 unspecified atom stereocenters. The molecule has 0 aromatic carbocycles. The van der Waals surface area contributed by atoms with Crippen molar-refractivity contribution in [3.63, 3.8) is 0 Å². The second-order valence-corrected chi connectivity index (χ2v) is 6.57. The summed E-state index contributed by atoms with van der Waals surface area (Å²) in [4.78, 5) is 4.20. The maximum atomic E-state index is 6.18. The Morgan fingerprint density at radius 1 is 1.46 bits per heavy atom. The Hall–Kier alpha value is 0.200. The molecule has 0 N–H and O–H groups in total. The highest BCUT2D eigenvalue weighted by atomic mass is 127. The minimum atomic E-state index is -0.305. The molecule has 1 aromatic heterocycles. The van der Waals surface area contributed by atoms with Crippen LogP contribution in [0.3, 0.4) is 0 Å². The number of nitrogens with zero attached hydrogens (tertiary/aromatic N) is 1. The Morgan fingerprint density at radius 3 is 3.00 bits per heavy atom. The molecule has 1 nitrogen and oxygen atoms in total. The number of rotatable bonds is 0. The molecule has 0 fully saturated rings. The lowest BCUT2D eigenvalue weighted by Crippen LogP contribution is -2.16. The van der Waals surface area contributed by atoms with Crippen LogP contribution in [0, 0.1) is 0 Å². The molecule has 13 heavy (non-hydrogen) atoms. The molecular formula is C9H6Cl2IN. The third kappa shape index (κ3) is 2.17. The van der Waals surface area contributed by atoms with Gasteiger partial charge in [-0.2, -0.15) is 0 Å². The predicted molar refractivity (Wildman–Crippen MR) is 64.6 cm³/mol. The zero-order chi connectivity index (χ0) is 9.47. The lowest BCUT2D eigenvalue weighted by Gasteiger charge is -2.21. The van der Waals surface area contributed by atoms with Gasteiger partial charge in [-0.05, 0) is 17.7 Å². The number of pyridine rings is 1. The van der Waals surface area contributed by atoms with E-state index in [9.17, 15) is 0 Å². The number of hydrogen-bond acceptors (Lipinski definition) is 1. The van der Waals surface area contributed by atoms with E-state index in [1.54, 1.807) is 6.07 Å². The fourth-order valence-corrected chi connectivity index (χ4v) is 2.24. The topological polar surface area (TPSA) is 12.9 Å². The van der Waals surface area contributed by atoms with Crippen LogP contribution in [0.5, 0.6) is 0 Å². The molecule has 0 spiro atoms. The molecule has 0 bridgehead atoms. The van der Waals surface area contributed by atoms with E-state index in [4.69, 9.17) is 23.2 Å². The van der Waals surface area contributed by atoms with Crippen molar-refractivity contribution in [2.24, 2.45) is 0 Å². The Bertz CT molecular complexity index is 374. The Balaban J connectivity index is 2.47. The van der Waals surface area contributed by atoms with Crippen LogP contribution in [0.1, 0.15) is 11.3 Å². The average Bonchev–Trinajstić information content (AvgIpc) is 2.05. The van der Waals surface area contributed by atoms with Crippen LogP contribution < -0.4 is 0 Å². The summed E-state index contributed by atoms with van der Waals surface area (Å²) in [5.41, 5.74) is 2.08. The van der Waals surface area contributed by atoms with Crippen molar-refractivity contribution in [2.45, 2.75) is 9.30 Å². The van der Waals surface area contributed by atoms with E-state index < -0.39 is 0 Å². The highest BCUT2D eigenvalue weighted by Gasteiger charge is 2.25. The van der Waals surface area contributed by atoms with Crippen molar-refractivity contribution in [2.75, 3.05) is 0 Å². The third-order valence-corrected chi connectivity index (χ3v) is 3.10. The van der Waals surface area contributed by atoms with Gasteiger partial charge in [0.15, 0.2) is 0 Å². The van der Waals surface area contributed by atoms with Crippen molar-refractivity contribution >= 4 is 51.9 Å². The molecule has 0 saturated heterocycles. The highest BCUT2D eigenvalue weighted by Crippen LogP contribution is 2.35. The second kappa shape index (κ2) is 3.41. The molecule has 2 rings (SSSR count). The second-order valence-electron chi connectivity index (χ2n) is 2.95. The Labute approximate surface area is 100 Å². The molecule has 1 aliphatic carbocycles. The monoisotopic (exact) mass is 325 g/mol. The standard InChI is InChI=1S/C9H6Cl2IN/c10-8-2-1-6-5-9(11,12)4-3-7(6)13-8/h1-4H,5H2. The predicted octanol–water partition coefficient (Wildman–Crippen LogP) is 3.67. The molecule has 0 saturated carbocycles. The van der Waals surface area contributed by atoms with Crippen LogP contribution in [-0.2, 0) is 6.42 Å². The van der Waals surface area contributed by atoms with Gasteiger partial charge in [0, 0.05) is 6.42 Å². The first-order valence-corrected chi connectivity index (χ1v) is 5.63. The van der Waals surface area contributed by atoms with E-state index in [-0.39, 0.29) is 2.88 Å². The van der Waals surface area contributed by atoms with E-state index in [0.717, 1.165) is 17.7 Å². The van der Waals surface area contributed by atoms with Crippen molar-refractivity contribution in [1.29, 1.82) is 0 Å². The Morgan fingerprint density at radius 2 is 2.23 bits per heavy atom. The minimum Gasteiger partial charge on any atom is -0.236 e. The van der Waals surface area contributed by atoms with E-state index in [1.165, 1.54) is 0 Å². The quantitative estimate of drug-likeness (QED) is 0.403. The summed E-state index contributed by atoms with van der Waals surface area (Å²) >= 11 is 14.2. The highest BCUT2D eigenvalue weighted by molar-refractivity contribution is 14.1. The molecule has 0 radical (unpaired) electrons. The van der Waals surface area contributed by atoms with Gasteiger partial charge in [0.1, 0.15) is 8.03 Å². The van der Waals surface area contributed by atoms with Crippen molar-refractivity contribution < 1.29 is 0 Å². The molecule has 1 aliphatic rings. The molecule has 4 heteroatoms. The van der Waals surface area contributed by atoms with Gasteiger partial charge in [-0.3, -0.25) is 0 Å². The van der Waals surface area contributed by atoms with E-state index in [1.807, 2.05) is 18.2 Å². The Kier molecular flexibility index (Phi) is 2.55. The van der Waals surface area contributed by atoms with Crippen molar-refractivity contribution in [3.8, 4) is 0 Å². The molecule has 68 valence electrons. The van der Waals surface area contributed by atoms with Crippen molar-refractivity contribution in [1.82, 2.24) is 4.98 Å². The summed E-state index contributed by atoms with van der Waals surface area (Å²) in [5, 5.41) is 0.527. The van der Waals surface area contributed by atoms with Gasteiger partial charge >= 0.3 is 0 Å². The number of fused-ring (bicyclic) bond motifs is 1. The SMILES string of the molecule is Clc1ccc2c(n1)C=CC(Cl)(I)C2. The van der Waals surface area contributed by atoms with Crippen LogP contribution in [0.2, 0.25) is 5.15 Å². The van der Waals surface area contributed by atoms with Gasteiger partial charge in [0.2, 0.25) is 0 Å². The summed E-state index contributed by atoms with van der Waals surface area (Å²) in [6.45, 7) is 0. The summed E-state index contributed by atoms with van der Waals surface area (Å²) in [6, 6.07) is 3.77. The van der Waals surface area contributed by atoms with Crippen LogP contribution in [0.4, 0.5) is 0 Å². The lowest BCUT2D eigenvalue weighted by molar-refractivity contribution is 0.949. The van der Waals surface area contributed by atoms with Crippen molar-refractivity contribution in [3.05, 3.63) is 34.6 Å². The molecule has 1 heterocycles. The van der Waals surface area contributed by atoms with E-state index in [0.29, 0.717) is 5.15 Å². The summed E-state index contributed by atoms with van der Waals surface area (Å²) in [5.74, 6) is 0. The fourth-order valence-electron chi connectivity index (χ4n) is 1.29. The maximum absolute atomic E-state index is 6.18. The van der Waals surface area contributed by atoms with Gasteiger partial charge in [0.05, 0.1) is 5.69 Å². The van der Waals surface area contributed by atoms with Crippen LogP contribution in [-0.4, -0.2) is 7.86 Å². The zero-order valence-corrected chi connectivity index (χ0v) is 10.3. The zero-order valence-electron chi connectivity index (χ0n) is 6.60. The number of aromatic nitrogens is 1. The first kappa shape index (κ1) is 9.74. The number of halogens is 3. The van der Waals surface area contributed by atoms with Crippen LogP contribution >= 0.6 is 45.8 Å². The number of allylic oxidation sites excluding steroid dienone is 1. The smallest absolute Gasteiger partial charge is 0.129 e. The molecule has 0 aliphatic heterocycles. The number of hydrogen-bond donors (Lipinski definition) is 0. The molecular weight excluding hydrogens is 320 g/mol.